The largest absolute Gasteiger partial charge is 0.390 e. The van der Waals surface area contributed by atoms with Crippen molar-refractivity contribution in [2.24, 2.45) is 5.92 Å². The van der Waals surface area contributed by atoms with Gasteiger partial charge in [0.15, 0.2) is 5.78 Å². The molecule has 152 valence electrons. The summed E-state index contributed by atoms with van der Waals surface area (Å²) in [5, 5.41) is 15.9. The number of fused-ring (bicyclic) bond motifs is 1. The number of hydrogen-bond donors (Lipinski definition) is 2. The zero-order valence-electron chi connectivity index (χ0n) is 16.7. The Morgan fingerprint density at radius 1 is 1.36 bits per heavy atom. The van der Waals surface area contributed by atoms with Crippen molar-refractivity contribution in [3.8, 4) is 0 Å². The molecule has 2 N–H and O–H groups in total. The van der Waals surface area contributed by atoms with Gasteiger partial charge in [-0.25, -0.2) is 0 Å². The van der Waals surface area contributed by atoms with Crippen molar-refractivity contribution < 1.29 is 9.90 Å². The third-order valence-electron chi connectivity index (χ3n) is 6.62. The summed E-state index contributed by atoms with van der Waals surface area (Å²) < 4.78 is 2.18. The molecule has 0 spiro atoms. The molecule has 1 aromatic carbocycles. The average Bonchev–Trinajstić information content (AvgIpc) is 3.29. The molecule has 4 nitrogen and oxygen atoms in total. The molecule has 4 rings (SSSR count). The van der Waals surface area contributed by atoms with Crippen molar-refractivity contribution in [2.75, 3.05) is 6.54 Å². The van der Waals surface area contributed by atoms with Crippen LogP contribution in [0, 0.1) is 5.92 Å². The van der Waals surface area contributed by atoms with Crippen LogP contribution in [-0.2, 0) is 6.54 Å². The highest BCUT2D eigenvalue weighted by Crippen LogP contribution is 2.36. The lowest BCUT2D eigenvalue weighted by atomic mass is 9.76. The van der Waals surface area contributed by atoms with Gasteiger partial charge in [-0.05, 0) is 56.7 Å². The van der Waals surface area contributed by atoms with E-state index < -0.39 is 5.60 Å². The van der Waals surface area contributed by atoms with Crippen molar-refractivity contribution in [3.63, 3.8) is 0 Å². The zero-order chi connectivity index (χ0) is 19.7. The summed E-state index contributed by atoms with van der Waals surface area (Å²) in [6.45, 7) is 4.11. The van der Waals surface area contributed by atoms with E-state index >= 15 is 0 Å². The first kappa shape index (κ1) is 19.9. The van der Waals surface area contributed by atoms with Gasteiger partial charge in [0.1, 0.15) is 0 Å². The van der Waals surface area contributed by atoms with Gasteiger partial charge in [-0.3, -0.25) is 4.79 Å². The lowest BCUT2D eigenvalue weighted by molar-refractivity contribution is -0.0204. The molecule has 0 bridgehead atoms. The molecule has 0 amide bonds. The number of Topliss-reactive ketones (excluding diaryl/α,β-unsaturated/α-hetero) is 1. The van der Waals surface area contributed by atoms with E-state index in [9.17, 15) is 9.90 Å². The Balaban J connectivity index is 1.56. The second-order valence-corrected chi connectivity index (χ2v) is 9.38. The van der Waals surface area contributed by atoms with E-state index in [0.29, 0.717) is 35.4 Å². The first-order valence-electron chi connectivity index (χ1n) is 10.7. The number of nitrogens with zero attached hydrogens (tertiary/aromatic N) is 1. The van der Waals surface area contributed by atoms with Gasteiger partial charge < -0.3 is 15.0 Å². The van der Waals surface area contributed by atoms with E-state index in [4.69, 9.17) is 11.6 Å². The minimum atomic E-state index is -0.691. The van der Waals surface area contributed by atoms with Crippen LogP contribution in [0.2, 0.25) is 5.02 Å². The number of rotatable bonds is 6. The van der Waals surface area contributed by atoms with Crippen molar-refractivity contribution in [1.29, 1.82) is 0 Å². The SMILES string of the molecule is CC1CCCC(O)(CCC(=O)c2cn(CC3CCCN3)c3cccc(Cl)c23)C1. The van der Waals surface area contributed by atoms with Crippen LogP contribution >= 0.6 is 11.6 Å². The number of aliphatic hydroxyl groups is 1. The molecule has 1 aliphatic heterocycles. The summed E-state index contributed by atoms with van der Waals surface area (Å²) in [5.41, 5.74) is 1.03. The Bertz CT molecular complexity index is 856. The normalized spacial score (nSPS) is 28.1. The van der Waals surface area contributed by atoms with Gasteiger partial charge in [0.2, 0.25) is 0 Å². The predicted octanol–water partition coefficient (Wildman–Crippen LogP) is 4.95. The summed E-state index contributed by atoms with van der Waals surface area (Å²) in [5.74, 6) is 0.618. The number of carbonyl (C=O) groups is 1. The Labute approximate surface area is 172 Å². The van der Waals surface area contributed by atoms with E-state index in [0.717, 1.165) is 49.7 Å². The molecule has 0 radical (unpaired) electrons. The predicted molar refractivity (Wildman–Crippen MR) is 114 cm³/mol. The number of halogens is 1. The van der Waals surface area contributed by atoms with Gasteiger partial charge in [0, 0.05) is 36.2 Å². The highest BCUT2D eigenvalue weighted by Gasteiger charge is 2.33. The minimum absolute atomic E-state index is 0.0860. The van der Waals surface area contributed by atoms with Crippen molar-refractivity contribution >= 4 is 28.3 Å². The monoisotopic (exact) mass is 402 g/mol. The highest BCUT2D eigenvalue weighted by atomic mass is 35.5. The molecule has 1 saturated heterocycles. The summed E-state index contributed by atoms with van der Waals surface area (Å²) in [7, 11) is 0. The smallest absolute Gasteiger partial charge is 0.165 e. The van der Waals surface area contributed by atoms with Crippen molar-refractivity contribution in [3.05, 3.63) is 35.0 Å². The Hall–Kier alpha value is -1.36. The second kappa shape index (κ2) is 8.17. The van der Waals surface area contributed by atoms with Gasteiger partial charge in [-0.2, -0.15) is 0 Å². The number of aromatic nitrogens is 1. The van der Waals surface area contributed by atoms with E-state index in [2.05, 4.69) is 16.8 Å². The van der Waals surface area contributed by atoms with Crippen LogP contribution in [-0.4, -0.2) is 33.6 Å². The van der Waals surface area contributed by atoms with Crippen molar-refractivity contribution in [1.82, 2.24) is 9.88 Å². The molecule has 2 fully saturated rings. The molecule has 1 saturated carbocycles. The lowest BCUT2D eigenvalue weighted by Crippen LogP contribution is -2.35. The van der Waals surface area contributed by atoms with Crippen LogP contribution in [0.3, 0.4) is 0 Å². The first-order valence-corrected chi connectivity index (χ1v) is 11.1. The fourth-order valence-electron chi connectivity index (χ4n) is 5.16. The fourth-order valence-corrected chi connectivity index (χ4v) is 5.43. The maximum atomic E-state index is 13.1. The third-order valence-corrected chi connectivity index (χ3v) is 6.94. The summed E-state index contributed by atoms with van der Waals surface area (Å²) in [6.07, 6.45) is 9.08. The Morgan fingerprint density at radius 3 is 2.96 bits per heavy atom. The molecule has 2 aromatic rings. The molecular weight excluding hydrogens is 372 g/mol. The van der Waals surface area contributed by atoms with Gasteiger partial charge in [0.25, 0.3) is 0 Å². The highest BCUT2D eigenvalue weighted by molar-refractivity contribution is 6.37. The topological polar surface area (TPSA) is 54.3 Å². The zero-order valence-corrected chi connectivity index (χ0v) is 17.5. The number of ketones is 1. The van der Waals surface area contributed by atoms with Crippen LogP contribution in [0.15, 0.2) is 24.4 Å². The van der Waals surface area contributed by atoms with E-state index in [1.54, 1.807) is 0 Å². The van der Waals surface area contributed by atoms with Gasteiger partial charge in [-0.15, -0.1) is 0 Å². The quantitative estimate of drug-likeness (QED) is 0.672. The fraction of sp³-hybridized carbons (Fsp3) is 0.609. The van der Waals surface area contributed by atoms with Gasteiger partial charge in [0.05, 0.1) is 16.1 Å². The average molecular weight is 403 g/mol. The molecule has 3 atom stereocenters. The van der Waals surface area contributed by atoms with Gasteiger partial charge in [-0.1, -0.05) is 37.4 Å². The van der Waals surface area contributed by atoms with E-state index in [-0.39, 0.29) is 5.78 Å². The Morgan fingerprint density at radius 2 is 2.21 bits per heavy atom. The van der Waals surface area contributed by atoms with Gasteiger partial charge >= 0.3 is 0 Å². The van der Waals surface area contributed by atoms with Crippen LogP contribution in [0.1, 0.15) is 68.6 Å². The molecule has 1 aliphatic carbocycles. The van der Waals surface area contributed by atoms with Crippen LogP contribution in [0.5, 0.6) is 0 Å². The maximum Gasteiger partial charge on any atom is 0.165 e. The molecule has 5 heteroatoms. The molecular formula is C23H31ClN2O2. The molecule has 1 aromatic heterocycles. The minimum Gasteiger partial charge on any atom is -0.390 e. The maximum absolute atomic E-state index is 13.1. The van der Waals surface area contributed by atoms with Crippen molar-refractivity contribution in [2.45, 2.75) is 76.5 Å². The number of nitrogens with one attached hydrogen (secondary N) is 1. The molecule has 2 heterocycles. The second-order valence-electron chi connectivity index (χ2n) is 8.97. The lowest BCUT2D eigenvalue weighted by Gasteiger charge is -2.35. The van der Waals surface area contributed by atoms with E-state index in [1.165, 1.54) is 12.8 Å². The molecule has 2 aliphatic rings. The summed E-state index contributed by atoms with van der Waals surface area (Å²) in [4.78, 5) is 13.1. The number of carbonyl (C=O) groups excluding carboxylic acids is 1. The molecule has 28 heavy (non-hydrogen) atoms. The first-order chi connectivity index (χ1) is 13.5. The molecule has 3 unspecified atom stereocenters. The summed E-state index contributed by atoms with van der Waals surface area (Å²) in [6, 6.07) is 6.30. The number of hydrogen-bond acceptors (Lipinski definition) is 3. The van der Waals surface area contributed by atoms with Crippen LogP contribution in [0.4, 0.5) is 0 Å². The van der Waals surface area contributed by atoms with Crippen LogP contribution in [0.25, 0.3) is 10.9 Å². The standard InChI is InChI=1S/C23H31ClN2O2/c1-16-5-3-10-23(28,13-16)11-9-21(27)18-15-26(14-17-6-4-12-25-17)20-8-2-7-19(24)22(18)20/h2,7-8,15-17,25,28H,3-6,9-14H2,1H3. The summed E-state index contributed by atoms with van der Waals surface area (Å²) >= 11 is 6.50. The number of benzene rings is 1. The Kier molecular flexibility index (Phi) is 5.82. The van der Waals surface area contributed by atoms with Crippen LogP contribution < -0.4 is 5.32 Å². The third kappa shape index (κ3) is 4.14. The van der Waals surface area contributed by atoms with E-state index in [1.807, 2.05) is 24.4 Å².